The molecule has 6 nitrogen and oxygen atoms in total. The van der Waals surface area contributed by atoms with Gasteiger partial charge in [0.25, 0.3) is 0 Å². The van der Waals surface area contributed by atoms with E-state index in [9.17, 15) is 24.5 Å². The van der Waals surface area contributed by atoms with Crippen molar-refractivity contribution in [1.29, 1.82) is 10.5 Å². The summed E-state index contributed by atoms with van der Waals surface area (Å²) in [5.41, 5.74) is 0.0815. The first-order valence-corrected chi connectivity index (χ1v) is 9.12. The van der Waals surface area contributed by atoms with E-state index in [2.05, 4.69) is 16.7 Å². The van der Waals surface area contributed by atoms with Crippen LogP contribution in [0.25, 0.3) is 0 Å². The molecule has 1 aliphatic heterocycles. The summed E-state index contributed by atoms with van der Waals surface area (Å²) < 4.78 is 12.9. The van der Waals surface area contributed by atoms with Gasteiger partial charge in [0.2, 0.25) is 11.8 Å². The summed E-state index contributed by atoms with van der Waals surface area (Å²) >= 11 is 1.06. The third-order valence-electron chi connectivity index (χ3n) is 4.38. The van der Waals surface area contributed by atoms with Crippen LogP contribution in [0, 0.1) is 39.8 Å². The highest BCUT2D eigenvalue weighted by atomic mass is 32.2. The van der Waals surface area contributed by atoms with Gasteiger partial charge in [-0.3, -0.25) is 9.59 Å². The van der Waals surface area contributed by atoms with Crippen molar-refractivity contribution in [3.63, 3.8) is 0 Å². The summed E-state index contributed by atoms with van der Waals surface area (Å²) in [6.07, 6.45) is 0. The number of nitriles is 2. The quantitative estimate of drug-likeness (QED) is 0.809. The van der Waals surface area contributed by atoms with Gasteiger partial charge in [0.05, 0.1) is 28.0 Å². The molecule has 2 atom stereocenters. The number of benzene rings is 1. The minimum Gasteiger partial charge on any atom is -0.351 e. The van der Waals surface area contributed by atoms with Gasteiger partial charge in [0, 0.05) is 12.0 Å². The number of carbonyl (C=O) groups excluding carboxylic acids is 2. The van der Waals surface area contributed by atoms with Gasteiger partial charge in [-0.25, -0.2) is 4.39 Å². The van der Waals surface area contributed by atoms with Crippen molar-refractivity contribution >= 4 is 23.6 Å². The molecular formula is C19H19FN4O2S. The van der Waals surface area contributed by atoms with Crippen molar-refractivity contribution in [2.24, 2.45) is 11.3 Å². The van der Waals surface area contributed by atoms with E-state index in [1.54, 1.807) is 32.9 Å². The number of halogens is 1. The van der Waals surface area contributed by atoms with Crippen molar-refractivity contribution in [3.05, 3.63) is 46.2 Å². The van der Waals surface area contributed by atoms with Crippen molar-refractivity contribution < 1.29 is 14.0 Å². The topological polar surface area (TPSA) is 106 Å². The average molecular weight is 386 g/mol. The van der Waals surface area contributed by atoms with Crippen LogP contribution >= 0.6 is 11.8 Å². The Kier molecular flexibility index (Phi) is 6.24. The molecule has 27 heavy (non-hydrogen) atoms. The predicted octanol–water partition coefficient (Wildman–Crippen LogP) is 2.59. The van der Waals surface area contributed by atoms with Crippen LogP contribution in [-0.4, -0.2) is 17.1 Å². The Labute approximate surface area is 161 Å². The number of allylic oxidation sites excluding steroid dienone is 1. The minimum atomic E-state index is -0.973. The molecular weight excluding hydrogens is 367 g/mol. The first-order valence-electron chi connectivity index (χ1n) is 8.24. The van der Waals surface area contributed by atoms with E-state index >= 15 is 0 Å². The van der Waals surface area contributed by atoms with Gasteiger partial charge in [-0.15, -0.1) is 0 Å². The smallest absolute Gasteiger partial charge is 0.243 e. The number of thioether (sulfide) groups is 1. The van der Waals surface area contributed by atoms with Crippen LogP contribution < -0.4 is 10.6 Å². The Bertz CT molecular complexity index is 865. The van der Waals surface area contributed by atoms with E-state index < -0.39 is 22.5 Å². The highest BCUT2D eigenvalue weighted by Gasteiger charge is 2.45. The van der Waals surface area contributed by atoms with Gasteiger partial charge in [0.15, 0.2) is 0 Å². The largest absolute Gasteiger partial charge is 0.351 e. The Morgan fingerprint density at radius 2 is 2.00 bits per heavy atom. The van der Waals surface area contributed by atoms with Crippen molar-refractivity contribution in [3.8, 4) is 12.1 Å². The van der Waals surface area contributed by atoms with Crippen molar-refractivity contribution in [2.75, 3.05) is 0 Å². The van der Waals surface area contributed by atoms with Gasteiger partial charge in [-0.05, 0) is 24.6 Å². The Hall–Kier alpha value is -2.84. The predicted molar refractivity (Wildman–Crippen MR) is 99.0 cm³/mol. The van der Waals surface area contributed by atoms with Gasteiger partial charge >= 0.3 is 0 Å². The second-order valence-corrected chi connectivity index (χ2v) is 8.04. The van der Waals surface area contributed by atoms with Crippen LogP contribution in [0.15, 0.2) is 34.9 Å². The molecule has 0 saturated carbocycles. The first kappa shape index (κ1) is 20.5. The summed E-state index contributed by atoms with van der Waals surface area (Å²) in [6, 6.07) is 9.78. The van der Waals surface area contributed by atoms with E-state index in [0.717, 1.165) is 17.3 Å². The molecule has 0 fully saturated rings. The van der Waals surface area contributed by atoms with Gasteiger partial charge in [-0.2, -0.15) is 10.5 Å². The maximum atomic E-state index is 12.9. The van der Waals surface area contributed by atoms with Gasteiger partial charge in [-0.1, -0.05) is 37.7 Å². The second kappa shape index (κ2) is 8.24. The number of carbonyl (C=O) groups is 2. The molecule has 0 spiro atoms. The van der Waals surface area contributed by atoms with Gasteiger partial charge < -0.3 is 10.6 Å². The zero-order valence-corrected chi connectivity index (χ0v) is 16.0. The van der Waals surface area contributed by atoms with Crippen LogP contribution in [0.4, 0.5) is 4.39 Å². The van der Waals surface area contributed by atoms with E-state index in [1.165, 1.54) is 12.1 Å². The number of rotatable bonds is 5. The zero-order chi connectivity index (χ0) is 20.2. The van der Waals surface area contributed by atoms with Crippen LogP contribution in [-0.2, 0) is 16.1 Å². The summed E-state index contributed by atoms with van der Waals surface area (Å²) in [5, 5.41) is 23.8. The third kappa shape index (κ3) is 4.47. The van der Waals surface area contributed by atoms with Crippen LogP contribution in [0.3, 0.4) is 0 Å². The number of nitrogens with one attached hydrogen (secondary N) is 2. The summed E-state index contributed by atoms with van der Waals surface area (Å²) in [5.74, 6) is -2.10. The Morgan fingerprint density at radius 3 is 2.56 bits per heavy atom. The lowest BCUT2D eigenvalue weighted by Gasteiger charge is -2.35. The highest BCUT2D eigenvalue weighted by molar-refractivity contribution is 8.04. The molecule has 1 aliphatic rings. The lowest BCUT2D eigenvalue weighted by atomic mass is 9.72. The van der Waals surface area contributed by atoms with Crippen LogP contribution in [0.5, 0.6) is 0 Å². The molecule has 1 aromatic rings. The molecule has 0 aliphatic carbocycles. The highest BCUT2D eigenvalue weighted by Crippen LogP contribution is 2.42. The molecule has 8 heteroatoms. The standard InChI is InChI=1S/C19H19FN4O2S/c1-11(16(25)23-10-12-4-6-13(20)7-5-12)27-18-15(9-22)19(2,3)14(8-21)17(26)24-18/h4-7,11,14H,10H2,1-3H3,(H,23,25)(H,24,26)/t11-,14+/m0/s1. The third-order valence-corrected chi connectivity index (χ3v) is 5.49. The average Bonchev–Trinajstić information content (AvgIpc) is 2.60. The minimum absolute atomic E-state index is 0.239. The van der Waals surface area contributed by atoms with E-state index in [4.69, 9.17) is 0 Å². The maximum absolute atomic E-state index is 12.9. The van der Waals surface area contributed by atoms with Crippen LogP contribution in [0.1, 0.15) is 26.3 Å². The molecule has 0 bridgehead atoms. The summed E-state index contributed by atoms with van der Waals surface area (Å²) in [4.78, 5) is 24.5. The fraction of sp³-hybridized carbons (Fsp3) is 0.368. The SMILES string of the molecule is C[C@H](SC1=C(C#N)C(C)(C)[C@H](C#N)C(=O)N1)C(=O)NCc1ccc(F)cc1. The number of amides is 2. The lowest BCUT2D eigenvalue weighted by Crippen LogP contribution is -2.45. The zero-order valence-electron chi connectivity index (χ0n) is 15.2. The van der Waals surface area contributed by atoms with E-state index in [-0.39, 0.29) is 23.8 Å². The molecule has 1 aromatic carbocycles. The second-order valence-electron chi connectivity index (χ2n) is 6.69. The molecule has 2 N–H and O–H groups in total. The monoisotopic (exact) mass is 386 g/mol. The fourth-order valence-corrected chi connectivity index (χ4v) is 3.81. The summed E-state index contributed by atoms with van der Waals surface area (Å²) in [6.45, 7) is 5.22. The lowest BCUT2D eigenvalue weighted by molar-refractivity contribution is -0.125. The summed E-state index contributed by atoms with van der Waals surface area (Å²) in [7, 11) is 0. The van der Waals surface area contributed by atoms with Gasteiger partial charge in [0.1, 0.15) is 11.7 Å². The normalized spacial score (nSPS) is 19.5. The molecule has 0 aromatic heterocycles. The van der Waals surface area contributed by atoms with E-state index in [1.807, 2.05) is 6.07 Å². The Balaban J connectivity index is 2.10. The van der Waals surface area contributed by atoms with Crippen molar-refractivity contribution in [2.45, 2.75) is 32.6 Å². The van der Waals surface area contributed by atoms with Crippen LogP contribution in [0.2, 0.25) is 0 Å². The number of hydrogen-bond acceptors (Lipinski definition) is 5. The molecule has 0 radical (unpaired) electrons. The number of hydrogen-bond donors (Lipinski definition) is 2. The maximum Gasteiger partial charge on any atom is 0.243 e. The first-order chi connectivity index (χ1) is 12.7. The molecule has 0 unspecified atom stereocenters. The molecule has 0 saturated heterocycles. The molecule has 1 heterocycles. The molecule has 2 rings (SSSR count). The fourth-order valence-electron chi connectivity index (χ4n) is 2.68. The number of nitrogens with zero attached hydrogens (tertiary/aromatic N) is 2. The Morgan fingerprint density at radius 1 is 1.37 bits per heavy atom. The molecule has 140 valence electrons. The van der Waals surface area contributed by atoms with Crippen molar-refractivity contribution in [1.82, 2.24) is 10.6 Å². The molecule has 2 amide bonds. The van der Waals surface area contributed by atoms with E-state index in [0.29, 0.717) is 5.03 Å².